The van der Waals surface area contributed by atoms with Crippen LogP contribution in [0.1, 0.15) is 53.1 Å². The van der Waals surface area contributed by atoms with Gasteiger partial charge in [0.05, 0.1) is 25.1 Å². The number of halogens is 1. The molecule has 0 aliphatic heterocycles. The minimum atomic E-state index is -3.50. The van der Waals surface area contributed by atoms with E-state index in [1.54, 1.807) is 50.7 Å². The van der Waals surface area contributed by atoms with Gasteiger partial charge in [-0.2, -0.15) is 0 Å². The third-order valence-corrected chi connectivity index (χ3v) is 8.00. The molecular formula is C24H35ClN7O4P. The fourth-order valence-corrected chi connectivity index (χ4v) is 6.26. The number of carbonyl (C=O) groups excluding carboxylic acids is 1. The summed E-state index contributed by atoms with van der Waals surface area (Å²) in [6.45, 7) is 10.9. The summed E-state index contributed by atoms with van der Waals surface area (Å²) in [6, 6.07) is 6.90. The van der Waals surface area contributed by atoms with Crippen LogP contribution in [0.2, 0.25) is 5.02 Å². The molecule has 202 valence electrons. The molecule has 2 heterocycles. The predicted molar refractivity (Wildman–Crippen MR) is 144 cm³/mol. The molecule has 3 aromatic rings. The van der Waals surface area contributed by atoms with Crippen molar-refractivity contribution in [1.82, 2.24) is 29.7 Å². The summed E-state index contributed by atoms with van der Waals surface area (Å²) < 4.78 is 27.4. The summed E-state index contributed by atoms with van der Waals surface area (Å²) >= 11 is 6.02. The van der Waals surface area contributed by atoms with Crippen molar-refractivity contribution in [2.45, 2.75) is 71.9 Å². The number of carbonyl (C=O) groups is 1. The first-order valence-electron chi connectivity index (χ1n) is 12.0. The lowest BCUT2D eigenvalue weighted by Gasteiger charge is -2.33. The number of esters is 1. The maximum Gasteiger partial charge on any atom is 0.326 e. The molecule has 4 N–H and O–H groups in total. The molecule has 37 heavy (non-hydrogen) atoms. The molecule has 3 atom stereocenters. The Morgan fingerprint density at radius 3 is 2.49 bits per heavy atom. The van der Waals surface area contributed by atoms with E-state index in [-0.39, 0.29) is 24.6 Å². The van der Waals surface area contributed by atoms with Gasteiger partial charge >= 0.3 is 5.97 Å². The van der Waals surface area contributed by atoms with E-state index in [4.69, 9.17) is 26.8 Å². The van der Waals surface area contributed by atoms with Gasteiger partial charge in [0.1, 0.15) is 23.7 Å². The van der Waals surface area contributed by atoms with Crippen LogP contribution in [0.5, 0.6) is 0 Å². The van der Waals surface area contributed by atoms with Gasteiger partial charge in [-0.25, -0.2) is 25.1 Å². The highest BCUT2D eigenvalue weighted by atomic mass is 35.5. The number of hydrogen-bond donors (Lipinski definition) is 3. The first-order valence-corrected chi connectivity index (χ1v) is 14.2. The number of rotatable bonds is 12. The molecule has 0 spiro atoms. The maximum atomic E-state index is 14.2. The zero-order valence-corrected chi connectivity index (χ0v) is 23.6. The van der Waals surface area contributed by atoms with E-state index in [2.05, 4.69) is 25.1 Å². The number of imidazole rings is 1. The second-order valence-corrected chi connectivity index (χ2v) is 12.4. The van der Waals surface area contributed by atoms with Crippen LogP contribution < -0.4 is 15.9 Å². The van der Waals surface area contributed by atoms with E-state index < -0.39 is 19.0 Å². The van der Waals surface area contributed by atoms with Crippen LogP contribution in [0, 0.1) is 0 Å². The molecule has 0 amide bonds. The average molecular weight is 552 g/mol. The van der Waals surface area contributed by atoms with E-state index >= 15 is 0 Å². The molecule has 1 aromatic carbocycles. The summed E-state index contributed by atoms with van der Waals surface area (Å²) in [6.07, 6.45) is 2.11. The van der Waals surface area contributed by atoms with Crippen molar-refractivity contribution < 1.29 is 18.8 Å². The minimum absolute atomic E-state index is 0.186. The van der Waals surface area contributed by atoms with Crippen molar-refractivity contribution in [3.63, 3.8) is 0 Å². The number of nitrogens with two attached hydrogens (primary N) is 1. The maximum absolute atomic E-state index is 14.2. The highest BCUT2D eigenvalue weighted by molar-refractivity contribution is 7.59. The largest absolute Gasteiger partial charge is 0.462 e. The fraction of sp³-hybridized carbons (Fsp3) is 0.500. The minimum Gasteiger partial charge on any atom is -0.462 e. The van der Waals surface area contributed by atoms with Crippen LogP contribution >= 0.6 is 19.0 Å². The lowest BCUT2D eigenvalue weighted by molar-refractivity contribution is -0.153. The van der Waals surface area contributed by atoms with Gasteiger partial charge in [0.15, 0.2) is 11.5 Å². The molecule has 0 aliphatic rings. The summed E-state index contributed by atoms with van der Waals surface area (Å²) in [7, 11) is -3.50. The normalized spacial score (nSPS) is 15.5. The number of nitrogens with zero attached hydrogens (tertiary/aromatic N) is 4. The standard InChI is InChI=1S/C24H35ClN7O4P/c1-15(2)36-23(33)24(5,6)31-37(34,30-17(4)18-7-9-19(25)10-8-18)14-35-16(3)11-32-13-29-20-21(26)27-12-28-22(20)32/h7-10,12-13,15-17H,11,14H2,1-6H3,(H2,26,27,28)(H2,30,31,34)/t16-,17-,37+/m1/s1. The van der Waals surface area contributed by atoms with Crippen LogP contribution in [-0.2, 0) is 25.4 Å². The Balaban J connectivity index is 1.77. The first-order chi connectivity index (χ1) is 17.3. The molecular weight excluding hydrogens is 517 g/mol. The zero-order valence-electron chi connectivity index (χ0n) is 21.9. The molecule has 0 saturated carbocycles. The monoisotopic (exact) mass is 551 g/mol. The number of anilines is 1. The number of hydrogen-bond acceptors (Lipinski definition) is 8. The summed E-state index contributed by atoms with van der Waals surface area (Å²) in [4.78, 5) is 25.2. The summed E-state index contributed by atoms with van der Waals surface area (Å²) in [5.74, 6) is -0.221. The van der Waals surface area contributed by atoms with Gasteiger partial charge < -0.3 is 19.8 Å². The molecule has 0 aliphatic carbocycles. The highest BCUT2D eigenvalue weighted by Gasteiger charge is 2.39. The van der Waals surface area contributed by atoms with E-state index in [9.17, 15) is 9.36 Å². The van der Waals surface area contributed by atoms with Crippen LogP contribution in [0.4, 0.5) is 5.82 Å². The predicted octanol–water partition coefficient (Wildman–Crippen LogP) is 4.29. The lowest BCUT2D eigenvalue weighted by Crippen LogP contribution is -2.49. The molecule has 11 nitrogen and oxygen atoms in total. The molecule has 2 aromatic heterocycles. The van der Waals surface area contributed by atoms with Crippen LogP contribution in [0.3, 0.4) is 0 Å². The SMILES string of the molecule is CC(C)OC(=O)C(C)(C)N[P@](=O)(CO[C@H](C)Cn1cnc2c(N)ncnc21)N[C@H](C)c1ccc(Cl)cc1. The molecule has 3 rings (SSSR count). The van der Waals surface area contributed by atoms with Gasteiger partial charge in [-0.1, -0.05) is 23.7 Å². The molecule has 0 fully saturated rings. The van der Waals surface area contributed by atoms with Crippen molar-refractivity contribution in [3.8, 4) is 0 Å². The van der Waals surface area contributed by atoms with Gasteiger partial charge in [-0.3, -0.25) is 9.36 Å². The average Bonchev–Trinajstić information content (AvgIpc) is 3.21. The first kappa shape index (κ1) is 29.0. The number of fused-ring (bicyclic) bond motifs is 1. The van der Waals surface area contributed by atoms with Crippen molar-refractivity contribution in [2.24, 2.45) is 0 Å². The molecule has 13 heteroatoms. The van der Waals surface area contributed by atoms with Crippen molar-refractivity contribution in [2.75, 3.05) is 12.1 Å². The third kappa shape index (κ3) is 7.72. The van der Waals surface area contributed by atoms with Crippen molar-refractivity contribution in [3.05, 3.63) is 47.5 Å². The Hall–Kier alpha value is -2.56. The van der Waals surface area contributed by atoms with Gasteiger partial charge in [0.25, 0.3) is 0 Å². The summed E-state index contributed by atoms with van der Waals surface area (Å²) in [5, 5.41) is 6.76. The molecule has 0 unspecified atom stereocenters. The van der Waals surface area contributed by atoms with Gasteiger partial charge in [-0.05, 0) is 59.2 Å². The second kappa shape index (κ2) is 11.9. The van der Waals surface area contributed by atoms with E-state index in [0.717, 1.165) is 5.56 Å². The molecule has 0 bridgehead atoms. The van der Waals surface area contributed by atoms with Gasteiger partial charge in [-0.15, -0.1) is 0 Å². The van der Waals surface area contributed by atoms with E-state index in [1.807, 2.05) is 26.0 Å². The van der Waals surface area contributed by atoms with E-state index in [1.165, 1.54) is 6.33 Å². The number of nitrogens with one attached hydrogen (secondary N) is 2. The Kier molecular flexibility index (Phi) is 9.31. The Morgan fingerprint density at radius 2 is 1.84 bits per heavy atom. The molecule has 0 saturated heterocycles. The van der Waals surface area contributed by atoms with Crippen LogP contribution in [-0.4, -0.2) is 49.6 Å². The number of nitrogen functional groups attached to an aromatic ring is 1. The third-order valence-electron chi connectivity index (χ3n) is 5.51. The van der Waals surface area contributed by atoms with Crippen molar-refractivity contribution >= 4 is 42.0 Å². The highest BCUT2D eigenvalue weighted by Crippen LogP contribution is 2.42. The number of aromatic nitrogens is 4. The Morgan fingerprint density at radius 1 is 1.16 bits per heavy atom. The van der Waals surface area contributed by atoms with Crippen LogP contribution in [0.25, 0.3) is 11.2 Å². The number of ether oxygens (including phenoxy) is 2. The zero-order chi connectivity index (χ0) is 27.4. The Bertz CT molecular complexity index is 1270. The number of benzene rings is 1. The second-order valence-electron chi connectivity index (χ2n) is 9.77. The smallest absolute Gasteiger partial charge is 0.326 e. The topological polar surface area (TPSA) is 146 Å². The van der Waals surface area contributed by atoms with Gasteiger partial charge in [0.2, 0.25) is 7.44 Å². The Labute approximate surface area is 222 Å². The van der Waals surface area contributed by atoms with Crippen LogP contribution in [0.15, 0.2) is 36.9 Å². The molecule has 0 radical (unpaired) electrons. The van der Waals surface area contributed by atoms with Crippen molar-refractivity contribution in [1.29, 1.82) is 0 Å². The fourth-order valence-electron chi connectivity index (χ4n) is 3.69. The lowest BCUT2D eigenvalue weighted by atomic mass is 10.1. The van der Waals surface area contributed by atoms with E-state index in [0.29, 0.717) is 28.5 Å². The summed E-state index contributed by atoms with van der Waals surface area (Å²) in [5.41, 5.74) is 6.60. The quantitative estimate of drug-likeness (QED) is 0.220. The van der Waals surface area contributed by atoms with Gasteiger partial charge in [0, 0.05) is 11.1 Å².